The number of amides is 1. The molecule has 10 heteroatoms. The number of nitrogens with zero attached hydrogens (tertiary/aromatic N) is 2. The summed E-state index contributed by atoms with van der Waals surface area (Å²) in [5.74, 6) is -0.493. The van der Waals surface area contributed by atoms with Gasteiger partial charge in [0.2, 0.25) is 10.0 Å². The molecule has 0 spiro atoms. The van der Waals surface area contributed by atoms with Crippen LogP contribution >= 0.6 is 0 Å². The van der Waals surface area contributed by atoms with Gasteiger partial charge >= 0.3 is 6.09 Å². The second-order valence-electron chi connectivity index (χ2n) is 6.76. The van der Waals surface area contributed by atoms with Gasteiger partial charge in [0.05, 0.1) is 29.8 Å². The molecule has 0 radical (unpaired) electrons. The highest BCUT2D eigenvalue weighted by Crippen LogP contribution is 2.29. The van der Waals surface area contributed by atoms with Crippen LogP contribution in [0.1, 0.15) is 20.8 Å². The van der Waals surface area contributed by atoms with Crippen molar-refractivity contribution in [1.82, 2.24) is 9.21 Å². The van der Waals surface area contributed by atoms with Crippen LogP contribution in [0.4, 0.5) is 4.79 Å². The number of piperazine rings is 1. The van der Waals surface area contributed by atoms with Crippen molar-refractivity contribution in [2.45, 2.75) is 38.5 Å². The number of sulfonamides is 1. The number of sulfone groups is 1. The molecule has 0 aromatic rings. The Labute approximate surface area is 131 Å². The molecule has 0 aromatic carbocycles. The Kier molecular flexibility index (Phi) is 4.25. The van der Waals surface area contributed by atoms with E-state index in [9.17, 15) is 21.6 Å². The molecule has 2 aliphatic rings. The summed E-state index contributed by atoms with van der Waals surface area (Å²) in [7, 11) is -6.91. The van der Waals surface area contributed by atoms with Crippen LogP contribution in [0.3, 0.4) is 0 Å². The predicted octanol–water partition coefficient (Wildman–Crippen LogP) is -0.336. The number of hydrogen-bond acceptors (Lipinski definition) is 6. The van der Waals surface area contributed by atoms with E-state index in [1.54, 1.807) is 20.8 Å². The number of ether oxygens (including phenoxy) is 1. The molecule has 2 fully saturated rings. The Bertz CT molecular complexity index is 664. The predicted molar refractivity (Wildman–Crippen MR) is 80.7 cm³/mol. The van der Waals surface area contributed by atoms with Crippen molar-refractivity contribution >= 4 is 26.0 Å². The van der Waals surface area contributed by atoms with Crippen molar-refractivity contribution in [3.63, 3.8) is 0 Å². The van der Waals surface area contributed by atoms with E-state index in [1.807, 2.05) is 0 Å². The second-order valence-corrected chi connectivity index (χ2v) is 10.8. The number of carbonyl (C=O) groups excluding carboxylic acids is 1. The van der Waals surface area contributed by atoms with Gasteiger partial charge in [-0.25, -0.2) is 21.6 Å². The van der Waals surface area contributed by atoms with E-state index in [1.165, 1.54) is 9.21 Å². The fourth-order valence-electron chi connectivity index (χ4n) is 2.88. The minimum atomic E-state index is -3.52. The molecule has 2 heterocycles. The second kappa shape index (κ2) is 5.34. The van der Waals surface area contributed by atoms with Gasteiger partial charge < -0.3 is 9.64 Å². The van der Waals surface area contributed by atoms with Crippen molar-refractivity contribution in [3.8, 4) is 0 Å². The van der Waals surface area contributed by atoms with Crippen molar-refractivity contribution in [2.75, 3.05) is 30.9 Å². The van der Waals surface area contributed by atoms with Gasteiger partial charge in [0.15, 0.2) is 9.84 Å². The maximum absolute atomic E-state index is 12.3. The van der Waals surface area contributed by atoms with Crippen LogP contribution in [0, 0.1) is 0 Å². The number of hydrogen-bond donors (Lipinski definition) is 0. The summed E-state index contributed by atoms with van der Waals surface area (Å²) in [5.41, 5.74) is -0.696. The molecule has 2 rings (SSSR count). The zero-order valence-corrected chi connectivity index (χ0v) is 14.8. The van der Waals surface area contributed by atoms with Crippen LogP contribution in [0.15, 0.2) is 0 Å². The van der Waals surface area contributed by atoms with Gasteiger partial charge in [-0.3, -0.25) is 0 Å². The molecule has 0 aromatic heterocycles. The summed E-state index contributed by atoms with van der Waals surface area (Å²) in [6, 6.07) is -1.43. The summed E-state index contributed by atoms with van der Waals surface area (Å²) in [6.07, 6.45) is 0.450. The summed E-state index contributed by atoms with van der Waals surface area (Å²) in [6.45, 7) is 5.37. The molecule has 2 atom stereocenters. The first-order valence-electron chi connectivity index (χ1n) is 6.97. The average molecular weight is 354 g/mol. The van der Waals surface area contributed by atoms with Crippen LogP contribution in [-0.4, -0.2) is 80.7 Å². The largest absolute Gasteiger partial charge is 0.444 e. The number of fused-ring (bicyclic) bond motifs is 1. The quantitative estimate of drug-likeness (QED) is 0.639. The minimum Gasteiger partial charge on any atom is -0.444 e. The zero-order chi connectivity index (χ0) is 16.9. The first-order chi connectivity index (χ1) is 9.80. The topological polar surface area (TPSA) is 101 Å². The zero-order valence-electron chi connectivity index (χ0n) is 13.1. The van der Waals surface area contributed by atoms with Crippen LogP contribution in [-0.2, 0) is 24.6 Å². The lowest BCUT2D eigenvalue weighted by Gasteiger charge is -2.42. The molecule has 2 saturated heterocycles. The van der Waals surface area contributed by atoms with E-state index in [-0.39, 0.29) is 24.6 Å². The van der Waals surface area contributed by atoms with Crippen molar-refractivity contribution in [3.05, 3.63) is 0 Å². The van der Waals surface area contributed by atoms with Crippen LogP contribution in [0.5, 0.6) is 0 Å². The fourth-order valence-corrected chi connectivity index (χ4v) is 6.08. The van der Waals surface area contributed by atoms with Gasteiger partial charge in [0.1, 0.15) is 5.60 Å². The SMILES string of the molecule is CC(C)(C)OC(=O)N1CCN(S(C)(=O)=O)C2CS(=O)(=O)CC21. The van der Waals surface area contributed by atoms with Gasteiger partial charge in [-0.05, 0) is 20.8 Å². The molecular formula is C12H22N2O6S2. The summed E-state index contributed by atoms with van der Waals surface area (Å²) >= 11 is 0. The Hall–Kier alpha value is -0.870. The Balaban J connectivity index is 2.29. The lowest BCUT2D eigenvalue weighted by molar-refractivity contribution is 0.00274. The van der Waals surface area contributed by atoms with E-state index in [0.717, 1.165) is 6.26 Å². The molecule has 0 saturated carbocycles. The summed E-state index contributed by atoms with van der Waals surface area (Å²) < 4.78 is 54.0. The minimum absolute atomic E-state index is 0.0781. The van der Waals surface area contributed by atoms with Gasteiger partial charge in [-0.2, -0.15) is 4.31 Å². The summed E-state index contributed by atoms with van der Waals surface area (Å²) in [5, 5.41) is 0. The molecular weight excluding hydrogens is 332 g/mol. The third-order valence-corrected chi connectivity index (χ3v) is 6.68. The molecule has 22 heavy (non-hydrogen) atoms. The molecule has 0 bridgehead atoms. The fraction of sp³-hybridized carbons (Fsp3) is 0.917. The maximum Gasteiger partial charge on any atom is 0.410 e. The maximum atomic E-state index is 12.3. The first kappa shape index (κ1) is 17.5. The van der Waals surface area contributed by atoms with E-state index < -0.39 is 43.6 Å². The molecule has 128 valence electrons. The number of rotatable bonds is 1. The normalized spacial score (nSPS) is 29.2. The van der Waals surface area contributed by atoms with Crippen LogP contribution < -0.4 is 0 Å². The average Bonchev–Trinajstić information content (AvgIpc) is 2.57. The van der Waals surface area contributed by atoms with Gasteiger partial charge in [0, 0.05) is 13.1 Å². The van der Waals surface area contributed by atoms with Crippen molar-refractivity contribution in [2.24, 2.45) is 0 Å². The molecule has 8 nitrogen and oxygen atoms in total. The van der Waals surface area contributed by atoms with Crippen molar-refractivity contribution in [1.29, 1.82) is 0 Å². The lowest BCUT2D eigenvalue weighted by atomic mass is 10.1. The molecule has 2 unspecified atom stereocenters. The molecule has 2 aliphatic heterocycles. The third-order valence-electron chi connectivity index (χ3n) is 3.68. The monoisotopic (exact) mass is 354 g/mol. The van der Waals surface area contributed by atoms with Crippen LogP contribution in [0.2, 0.25) is 0 Å². The standard InChI is InChI=1S/C12H22N2O6S2/c1-12(2,3)20-11(15)13-5-6-14(21(4,16)17)10-8-22(18,19)7-9(10)13/h9-10H,5-8H2,1-4H3. The van der Waals surface area contributed by atoms with E-state index >= 15 is 0 Å². The third kappa shape index (κ3) is 3.72. The molecule has 1 amide bonds. The Morgan fingerprint density at radius 1 is 1.14 bits per heavy atom. The lowest BCUT2D eigenvalue weighted by Crippen LogP contribution is -2.62. The highest BCUT2D eigenvalue weighted by Gasteiger charge is 2.51. The Morgan fingerprint density at radius 2 is 1.68 bits per heavy atom. The van der Waals surface area contributed by atoms with Gasteiger partial charge in [-0.15, -0.1) is 0 Å². The smallest absolute Gasteiger partial charge is 0.410 e. The molecule has 0 aliphatic carbocycles. The van der Waals surface area contributed by atoms with Gasteiger partial charge in [-0.1, -0.05) is 0 Å². The van der Waals surface area contributed by atoms with Crippen molar-refractivity contribution < 1.29 is 26.4 Å². The summed E-state index contributed by atoms with van der Waals surface area (Å²) in [4.78, 5) is 13.6. The first-order valence-corrected chi connectivity index (χ1v) is 10.6. The van der Waals surface area contributed by atoms with E-state index in [4.69, 9.17) is 4.74 Å². The Morgan fingerprint density at radius 3 is 2.18 bits per heavy atom. The van der Waals surface area contributed by atoms with E-state index in [0.29, 0.717) is 0 Å². The van der Waals surface area contributed by atoms with Gasteiger partial charge in [0.25, 0.3) is 0 Å². The molecule has 0 N–H and O–H groups in total. The number of carbonyl (C=O) groups is 1. The highest BCUT2D eigenvalue weighted by molar-refractivity contribution is 7.92. The highest BCUT2D eigenvalue weighted by atomic mass is 32.2. The van der Waals surface area contributed by atoms with E-state index in [2.05, 4.69) is 0 Å². The van der Waals surface area contributed by atoms with Crippen LogP contribution in [0.25, 0.3) is 0 Å².